The molecule has 0 saturated heterocycles. The van der Waals surface area contributed by atoms with E-state index >= 15 is 0 Å². The fraction of sp³-hybridized carbons (Fsp3) is 0.926. The summed E-state index contributed by atoms with van der Waals surface area (Å²) in [7, 11) is 0. The van der Waals surface area contributed by atoms with Gasteiger partial charge in [-0.1, -0.05) is 85.0 Å². The molecule has 4 nitrogen and oxygen atoms in total. The first-order chi connectivity index (χ1) is 14.9. The molecule has 1 fully saturated rings. The van der Waals surface area contributed by atoms with Crippen LogP contribution in [0.2, 0.25) is 0 Å². The molecule has 0 radical (unpaired) electrons. The number of aliphatic carboxylic acids is 1. The van der Waals surface area contributed by atoms with Gasteiger partial charge in [0, 0.05) is 0 Å². The van der Waals surface area contributed by atoms with Crippen LogP contribution in [0.1, 0.15) is 136 Å². The fourth-order valence-electron chi connectivity index (χ4n) is 4.71. The Morgan fingerprint density at radius 1 is 0.742 bits per heavy atom. The van der Waals surface area contributed by atoms with Crippen molar-refractivity contribution >= 4 is 11.9 Å². The second kappa shape index (κ2) is 17.5. The van der Waals surface area contributed by atoms with E-state index in [0.717, 1.165) is 31.6 Å². The summed E-state index contributed by atoms with van der Waals surface area (Å²) in [6.45, 7) is 6.79. The standard InChI is InChI=1S/C27H50O4/c1-4-5-6-7-8-9-10-13-16-25(17-14-11-12-15-22(2)3)31-27(30)24-20-18-23(19-21-24)26(28)29/h22-25H,4-21H2,1-3H3,(H,28,29). The summed E-state index contributed by atoms with van der Waals surface area (Å²) in [4.78, 5) is 23.9. The van der Waals surface area contributed by atoms with Crippen LogP contribution in [-0.2, 0) is 14.3 Å². The van der Waals surface area contributed by atoms with Gasteiger partial charge in [0.05, 0.1) is 11.8 Å². The molecule has 0 aromatic heterocycles. The second-order valence-corrected chi connectivity index (χ2v) is 10.2. The lowest BCUT2D eigenvalue weighted by Gasteiger charge is -2.27. The maximum Gasteiger partial charge on any atom is 0.309 e. The number of carbonyl (C=O) groups excluding carboxylic acids is 1. The number of unbranched alkanes of at least 4 members (excludes halogenated alkanes) is 9. The summed E-state index contributed by atoms with van der Waals surface area (Å²) in [6, 6.07) is 0. The predicted octanol–water partition coefficient (Wildman–Crippen LogP) is 7.93. The topological polar surface area (TPSA) is 63.6 Å². The highest BCUT2D eigenvalue weighted by molar-refractivity contribution is 5.74. The summed E-state index contributed by atoms with van der Waals surface area (Å²) in [5, 5.41) is 9.17. The summed E-state index contributed by atoms with van der Waals surface area (Å²) in [5.74, 6) is -0.418. The van der Waals surface area contributed by atoms with Crippen LogP contribution in [0.3, 0.4) is 0 Å². The number of ether oxygens (including phenoxy) is 1. The van der Waals surface area contributed by atoms with Gasteiger partial charge in [0.15, 0.2) is 0 Å². The van der Waals surface area contributed by atoms with Crippen LogP contribution in [0.25, 0.3) is 0 Å². The lowest BCUT2D eigenvalue weighted by molar-refractivity contribution is -0.158. The minimum Gasteiger partial charge on any atom is -0.481 e. The molecule has 0 aromatic rings. The first-order valence-corrected chi connectivity index (χ1v) is 13.4. The molecule has 182 valence electrons. The van der Waals surface area contributed by atoms with E-state index < -0.39 is 5.97 Å². The Labute approximate surface area is 191 Å². The minimum atomic E-state index is -0.721. The molecule has 1 N–H and O–H groups in total. The summed E-state index contributed by atoms with van der Waals surface area (Å²) < 4.78 is 5.99. The average Bonchev–Trinajstić information content (AvgIpc) is 2.74. The van der Waals surface area contributed by atoms with Crippen molar-refractivity contribution < 1.29 is 19.4 Å². The second-order valence-electron chi connectivity index (χ2n) is 10.2. The first kappa shape index (κ1) is 28.0. The van der Waals surface area contributed by atoms with Crippen LogP contribution >= 0.6 is 0 Å². The number of carbonyl (C=O) groups is 2. The van der Waals surface area contributed by atoms with Gasteiger partial charge in [-0.15, -0.1) is 0 Å². The molecule has 0 spiro atoms. The Bertz CT molecular complexity index is 466. The monoisotopic (exact) mass is 438 g/mol. The minimum absolute atomic E-state index is 0.0452. The van der Waals surface area contributed by atoms with Crippen molar-refractivity contribution in [2.75, 3.05) is 0 Å². The van der Waals surface area contributed by atoms with Gasteiger partial charge in [-0.25, -0.2) is 0 Å². The molecule has 0 bridgehead atoms. The van der Waals surface area contributed by atoms with Gasteiger partial charge in [0.2, 0.25) is 0 Å². The third-order valence-electron chi connectivity index (χ3n) is 6.88. The van der Waals surface area contributed by atoms with E-state index in [1.54, 1.807) is 0 Å². The van der Waals surface area contributed by atoms with Crippen LogP contribution < -0.4 is 0 Å². The van der Waals surface area contributed by atoms with Gasteiger partial charge in [-0.2, -0.15) is 0 Å². The van der Waals surface area contributed by atoms with Gasteiger partial charge >= 0.3 is 11.9 Å². The molecule has 0 aliphatic heterocycles. The van der Waals surface area contributed by atoms with Crippen molar-refractivity contribution in [3.8, 4) is 0 Å². The highest BCUT2D eigenvalue weighted by Gasteiger charge is 2.31. The van der Waals surface area contributed by atoms with E-state index in [1.165, 1.54) is 64.2 Å². The molecule has 0 amide bonds. The molecule has 4 heteroatoms. The summed E-state index contributed by atoms with van der Waals surface area (Å²) in [6.07, 6.45) is 19.8. The van der Waals surface area contributed by atoms with E-state index in [0.29, 0.717) is 25.7 Å². The quantitative estimate of drug-likeness (QED) is 0.174. The molecular weight excluding hydrogens is 388 g/mol. The molecule has 1 aliphatic carbocycles. The van der Waals surface area contributed by atoms with Gasteiger partial charge in [0.25, 0.3) is 0 Å². The normalized spacial score (nSPS) is 20.0. The molecule has 1 unspecified atom stereocenters. The lowest BCUT2D eigenvalue weighted by Crippen LogP contribution is -2.29. The molecule has 31 heavy (non-hydrogen) atoms. The van der Waals surface area contributed by atoms with Gasteiger partial charge in [-0.3, -0.25) is 9.59 Å². The number of hydrogen-bond donors (Lipinski definition) is 1. The number of carboxylic acids is 1. The number of esters is 1. The third kappa shape index (κ3) is 13.9. The lowest BCUT2D eigenvalue weighted by atomic mass is 9.82. The summed E-state index contributed by atoms with van der Waals surface area (Å²) in [5.41, 5.74) is 0. The zero-order valence-electron chi connectivity index (χ0n) is 20.7. The van der Waals surface area contributed by atoms with Crippen molar-refractivity contribution in [1.82, 2.24) is 0 Å². The van der Waals surface area contributed by atoms with Crippen molar-refractivity contribution in [3.63, 3.8) is 0 Å². The fourth-order valence-corrected chi connectivity index (χ4v) is 4.71. The van der Waals surface area contributed by atoms with Crippen LogP contribution in [0.5, 0.6) is 0 Å². The van der Waals surface area contributed by atoms with Crippen molar-refractivity contribution in [2.45, 2.75) is 142 Å². The van der Waals surface area contributed by atoms with E-state index in [-0.39, 0.29) is 23.9 Å². The van der Waals surface area contributed by atoms with Crippen molar-refractivity contribution in [1.29, 1.82) is 0 Å². The zero-order chi connectivity index (χ0) is 22.9. The molecule has 0 heterocycles. The molecule has 1 rings (SSSR count). The molecule has 1 saturated carbocycles. The van der Waals surface area contributed by atoms with Crippen LogP contribution in [0.4, 0.5) is 0 Å². The Morgan fingerprint density at radius 2 is 1.19 bits per heavy atom. The van der Waals surface area contributed by atoms with Crippen LogP contribution in [-0.4, -0.2) is 23.1 Å². The van der Waals surface area contributed by atoms with E-state index in [1.807, 2.05) is 0 Å². The molecular formula is C27H50O4. The van der Waals surface area contributed by atoms with Gasteiger partial charge in [-0.05, 0) is 57.3 Å². The van der Waals surface area contributed by atoms with Gasteiger partial charge in [0.1, 0.15) is 6.10 Å². The maximum atomic E-state index is 12.7. The highest BCUT2D eigenvalue weighted by Crippen LogP contribution is 2.30. The maximum absolute atomic E-state index is 12.7. The molecule has 0 aromatic carbocycles. The Balaban J connectivity index is 2.35. The number of hydrogen-bond acceptors (Lipinski definition) is 3. The largest absolute Gasteiger partial charge is 0.481 e. The summed E-state index contributed by atoms with van der Waals surface area (Å²) >= 11 is 0. The highest BCUT2D eigenvalue weighted by atomic mass is 16.5. The van der Waals surface area contributed by atoms with E-state index in [2.05, 4.69) is 20.8 Å². The number of rotatable bonds is 18. The SMILES string of the molecule is CCCCCCCCCCC(CCCCCC(C)C)OC(=O)C1CCC(C(=O)O)CC1. The van der Waals surface area contributed by atoms with E-state index in [9.17, 15) is 9.59 Å². The number of carboxylic acid groups (broad SMARTS) is 1. The molecule has 1 aliphatic rings. The smallest absolute Gasteiger partial charge is 0.309 e. The molecule has 1 atom stereocenters. The Morgan fingerprint density at radius 3 is 1.71 bits per heavy atom. The van der Waals surface area contributed by atoms with E-state index in [4.69, 9.17) is 9.84 Å². The van der Waals surface area contributed by atoms with Gasteiger partial charge < -0.3 is 9.84 Å². The Kier molecular flexibility index (Phi) is 15.8. The Hall–Kier alpha value is -1.06. The first-order valence-electron chi connectivity index (χ1n) is 13.4. The predicted molar refractivity (Wildman–Crippen MR) is 128 cm³/mol. The van der Waals surface area contributed by atoms with Crippen LogP contribution in [0.15, 0.2) is 0 Å². The van der Waals surface area contributed by atoms with Crippen molar-refractivity contribution in [2.24, 2.45) is 17.8 Å². The van der Waals surface area contributed by atoms with Crippen LogP contribution in [0, 0.1) is 17.8 Å². The average molecular weight is 439 g/mol. The van der Waals surface area contributed by atoms with Crippen molar-refractivity contribution in [3.05, 3.63) is 0 Å². The zero-order valence-corrected chi connectivity index (χ0v) is 20.7. The third-order valence-corrected chi connectivity index (χ3v) is 6.88.